The number of hydrogen-bond acceptors (Lipinski definition) is 4. The highest BCUT2D eigenvalue weighted by atomic mass is 16.4. The summed E-state index contributed by atoms with van der Waals surface area (Å²) >= 11 is 0. The Balaban J connectivity index is 1.85. The van der Waals surface area contributed by atoms with Crippen LogP contribution in [0.5, 0.6) is 0 Å². The molecule has 1 atom stereocenters. The van der Waals surface area contributed by atoms with E-state index in [1.54, 1.807) is 4.68 Å². The first-order valence-electron chi connectivity index (χ1n) is 7.30. The minimum Gasteiger partial charge on any atom is -0.458 e. The summed E-state index contributed by atoms with van der Waals surface area (Å²) < 4.78 is 7.47. The van der Waals surface area contributed by atoms with Crippen molar-refractivity contribution in [3.63, 3.8) is 0 Å². The Labute approximate surface area is 123 Å². The van der Waals surface area contributed by atoms with Gasteiger partial charge >= 0.3 is 0 Å². The van der Waals surface area contributed by atoms with Gasteiger partial charge in [-0.2, -0.15) is 5.10 Å². The normalized spacial score (nSPS) is 12.9. The molecule has 21 heavy (non-hydrogen) atoms. The van der Waals surface area contributed by atoms with E-state index in [1.807, 2.05) is 44.2 Å². The highest BCUT2D eigenvalue weighted by Crippen LogP contribution is 2.24. The van der Waals surface area contributed by atoms with Gasteiger partial charge in [-0.3, -0.25) is 0 Å². The third-order valence-corrected chi connectivity index (χ3v) is 3.54. The summed E-state index contributed by atoms with van der Waals surface area (Å²) in [6.07, 6.45) is 0.856. The maximum Gasteiger partial charge on any atom is 0.150 e. The van der Waals surface area contributed by atoms with Crippen molar-refractivity contribution in [2.24, 2.45) is 0 Å². The molecule has 3 rings (SSSR count). The van der Waals surface area contributed by atoms with E-state index in [0.717, 1.165) is 35.5 Å². The second-order valence-corrected chi connectivity index (χ2v) is 5.04. The molecule has 0 saturated heterocycles. The van der Waals surface area contributed by atoms with E-state index in [0.29, 0.717) is 12.3 Å². The monoisotopic (exact) mass is 285 g/mol. The number of aromatic nitrogens is 3. The summed E-state index contributed by atoms with van der Waals surface area (Å²) in [4.78, 5) is 4.45. The van der Waals surface area contributed by atoms with E-state index in [2.05, 4.69) is 10.1 Å². The van der Waals surface area contributed by atoms with Crippen LogP contribution in [-0.2, 0) is 19.4 Å². The minimum atomic E-state index is -0.728. The maximum atomic E-state index is 10.4. The molecule has 0 fully saturated rings. The largest absolute Gasteiger partial charge is 0.458 e. The van der Waals surface area contributed by atoms with Gasteiger partial charge in [0.15, 0.2) is 5.82 Å². The SMILES string of the molecule is CCc1nc(CC)n(CC(O)c2cc3ccccc3o2)n1. The molecule has 0 spiro atoms. The number of para-hydroxylation sites is 1. The summed E-state index contributed by atoms with van der Waals surface area (Å²) in [7, 11) is 0. The van der Waals surface area contributed by atoms with Crippen LogP contribution in [0, 0.1) is 0 Å². The first-order valence-corrected chi connectivity index (χ1v) is 7.30. The predicted octanol–water partition coefficient (Wildman–Crippen LogP) is 2.88. The lowest BCUT2D eigenvalue weighted by atomic mass is 10.2. The standard InChI is InChI=1S/C16H19N3O2/c1-3-15-17-16(4-2)19(18-15)10-12(20)14-9-11-7-5-6-8-13(11)21-14/h5-9,12,20H,3-4,10H2,1-2H3. The van der Waals surface area contributed by atoms with Gasteiger partial charge in [-0.25, -0.2) is 9.67 Å². The van der Waals surface area contributed by atoms with Crippen molar-refractivity contribution >= 4 is 11.0 Å². The second kappa shape index (κ2) is 5.69. The van der Waals surface area contributed by atoms with Crippen molar-refractivity contribution in [3.8, 4) is 0 Å². The molecule has 1 aromatic carbocycles. The number of aliphatic hydroxyl groups is 1. The van der Waals surface area contributed by atoms with Crippen molar-refractivity contribution in [2.75, 3.05) is 0 Å². The molecule has 5 nitrogen and oxygen atoms in total. The quantitative estimate of drug-likeness (QED) is 0.783. The number of rotatable bonds is 5. The number of fused-ring (bicyclic) bond motifs is 1. The van der Waals surface area contributed by atoms with Crippen molar-refractivity contribution in [3.05, 3.63) is 47.7 Å². The predicted molar refractivity (Wildman–Crippen MR) is 80.0 cm³/mol. The Morgan fingerprint density at radius 3 is 2.76 bits per heavy atom. The Morgan fingerprint density at radius 1 is 1.24 bits per heavy atom. The second-order valence-electron chi connectivity index (χ2n) is 5.04. The lowest BCUT2D eigenvalue weighted by Gasteiger charge is -2.09. The zero-order valence-electron chi connectivity index (χ0n) is 12.3. The molecule has 0 aliphatic heterocycles. The van der Waals surface area contributed by atoms with Gasteiger partial charge in [0, 0.05) is 18.2 Å². The van der Waals surface area contributed by atoms with Crippen molar-refractivity contribution in [1.29, 1.82) is 0 Å². The number of aliphatic hydroxyl groups excluding tert-OH is 1. The summed E-state index contributed by atoms with van der Waals surface area (Å²) in [5.74, 6) is 2.26. The zero-order valence-corrected chi connectivity index (χ0v) is 12.3. The van der Waals surface area contributed by atoms with Crippen LogP contribution in [0.4, 0.5) is 0 Å². The Kier molecular flexibility index (Phi) is 3.75. The molecule has 110 valence electrons. The fourth-order valence-corrected chi connectivity index (χ4v) is 2.40. The van der Waals surface area contributed by atoms with E-state index in [4.69, 9.17) is 4.42 Å². The summed E-state index contributed by atoms with van der Waals surface area (Å²) in [6.45, 7) is 4.41. The lowest BCUT2D eigenvalue weighted by Crippen LogP contribution is -2.12. The first kappa shape index (κ1) is 13.8. The van der Waals surface area contributed by atoms with E-state index in [9.17, 15) is 5.11 Å². The number of furan rings is 1. The van der Waals surface area contributed by atoms with E-state index in [-0.39, 0.29) is 0 Å². The van der Waals surface area contributed by atoms with Gasteiger partial charge in [0.25, 0.3) is 0 Å². The van der Waals surface area contributed by atoms with Crippen LogP contribution >= 0.6 is 0 Å². The average Bonchev–Trinajstić information content (AvgIpc) is 3.10. The van der Waals surface area contributed by atoms with Crippen LogP contribution in [-0.4, -0.2) is 19.9 Å². The molecule has 0 amide bonds. The molecule has 2 aromatic heterocycles. The Hall–Kier alpha value is -2.14. The van der Waals surface area contributed by atoms with Crippen LogP contribution in [0.1, 0.15) is 37.4 Å². The number of nitrogens with zero attached hydrogens (tertiary/aromatic N) is 3. The molecule has 0 aliphatic carbocycles. The number of hydrogen-bond donors (Lipinski definition) is 1. The molecule has 0 saturated carbocycles. The molecule has 2 heterocycles. The van der Waals surface area contributed by atoms with Gasteiger partial charge in [0.05, 0.1) is 6.54 Å². The average molecular weight is 285 g/mol. The van der Waals surface area contributed by atoms with Gasteiger partial charge in [-0.15, -0.1) is 0 Å². The molecule has 5 heteroatoms. The molecular weight excluding hydrogens is 266 g/mol. The fraction of sp³-hybridized carbons (Fsp3) is 0.375. The summed E-state index contributed by atoms with van der Waals surface area (Å²) in [5, 5.41) is 15.8. The molecule has 0 aliphatic rings. The van der Waals surface area contributed by atoms with Crippen molar-refractivity contribution in [2.45, 2.75) is 39.3 Å². The highest BCUT2D eigenvalue weighted by molar-refractivity contribution is 5.77. The summed E-state index contributed by atoms with van der Waals surface area (Å²) in [5.41, 5.74) is 0.787. The van der Waals surface area contributed by atoms with Gasteiger partial charge in [-0.1, -0.05) is 32.0 Å². The molecule has 0 radical (unpaired) electrons. The third kappa shape index (κ3) is 2.69. The van der Waals surface area contributed by atoms with Crippen LogP contribution < -0.4 is 0 Å². The van der Waals surface area contributed by atoms with E-state index < -0.39 is 6.10 Å². The fourth-order valence-electron chi connectivity index (χ4n) is 2.40. The van der Waals surface area contributed by atoms with Crippen LogP contribution in [0.3, 0.4) is 0 Å². The van der Waals surface area contributed by atoms with Gasteiger partial charge in [-0.05, 0) is 12.1 Å². The van der Waals surface area contributed by atoms with Gasteiger partial charge in [0.1, 0.15) is 23.3 Å². The third-order valence-electron chi connectivity index (χ3n) is 3.54. The van der Waals surface area contributed by atoms with E-state index >= 15 is 0 Å². The first-order chi connectivity index (χ1) is 10.2. The molecule has 1 N–H and O–H groups in total. The number of aryl methyl sites for hydroxylation is 2. The highest BCUT2D eigenvalue weighted by Gasteiger charge is 2.17. The smallest absolute Gasteiger partial charge is 0.150 e. The maximum absolute atomic E-state index is 10.4. The summed E-state index contributed by atoms with van der Waals surface area (Å²) in [6, 6.07) is 9.62. The molecule has 3 aromatic rings. The topological polar surface area (TPSA) is 64.1 Å². The van der Waals surface area contributed by atoms with Crippen LogP contribution in [0.25, 0.3) is 11.0 Å². The lowest BCUT2D eigenvalue weighted by molar-refractivity contribution is 0.126. The van der Waals surface area contributed by atoms with Crippen LogP contribution in [0.15, 0.2) is 34.7 Å². The van der Waals surface area contributed by atoms with Crippen LogP contribution in [0.2, 0.25) is 0 Å². The number of benzene rings is 1. The van der Waals surface area contributed by atoms with E-state index in [1.165, 1.54) is 0 Å². The van der Waals surface area contributed by atoms with Crippen molar-refractivity contribution in [1.82, 2.24) is 14.8 Å². The molecule has 0 bridgehead atoms. The zero-order chi connectivity index (χ0) is 14.8. The Bertz CT molecular complexity index is 712. The Morgan fingerprint density at radius 2 is 2.05 bits per heavy atom. The molecule has 1 unspecified atom stereocenters. The minimum absolute atomic E-state index is 0.357. The van der Waals surface area contributed by atoms with Crippen molar-refractivity contribution < 1.29 is 9.52 Å². The molecular formula is C16H19N3O2. The van der Waals surface area contributed by atoms with Gasteiger partial charge < -0.3 is 9.52 Å². The van der Waals surface area contributed by atoms with Gasteiger partial charge in [0.2, 0.25) is 0 Å².